The van der Waals surface area contributed by atoms with E-state index in [9.17, 15) is 9.59 Å². The van der Waals surface area contributed by atoms with E-state index in [4.69, 9.17) is 0 Å². The lowest BCUT2D eigenvalue weighted by molar-refractivity contribution is -0.143. The molecule has 0 bridgehead atoms. The van der Waals surface area contributed by atoms with Crippen molar-refractivity contribution < 1.29 is 14.3 Å². The molecule has 1 heterocycles. The number of likely N-dealkylation sites (tertiary alicyclic amines) is 1. The highest BCUT2D eigenvalue weighted by Crippen LogP contribution is 2.38. The van der Waals surface area contributed by atoms with Gasteiger partial charge in [-0.2, -0.15) is 0 Å². The van der Waals surface area contributed by atoms with E-state index in [2.05, 4.69) is 65.4 Å². The predicted molar refractivity (Wildman–Crippen MR) is 115 cm³/mol. The molecule has 29 heavy (non-hydrogen) atoms. The van der Waals surface area contributed by atoms with Crippen LogP contribution < -0.4 is 0 Å². The molecule has 2 aromatic rings. The molecule has 2 aromatic carbocycles. The first-order chi connectivity index (χ1) is 14.2. The molecule has 0 unspecified atom stereocenters. The standard InChI is InChI=1S/C25H25NO3/c1-29-24(28)13-12-23(27)26-16-14-20(15-17-26)25-21-8-4-2-6-18(21)10-11-19-7-3-5-9-22(19)25/h2-11H,12-17H2,1H3. The first kappa shape index (κ1) is 19.2. The monoisotopic (exact) mass is 387 g/mol. The highest BCUT2D eigenvalue weighted by atomic mass is 16.5. The lowest BCUT2D eigenvalue weighted by Gasteiger charge is -2.30. The molecule has 0 N–H and O–H groups in total. The van der Waals surface area contributed by atoms with Gasteiger partial charge < -0.3 is 9.64 Å². The summed E-state index contributed by atoms with van der Waals surface area (Å²) in [7, 11) is 1.35. The Kier molecular flexibility index (Phi) is 5.61. The van der Waals surface area contributed by atoms with Crippen molar-refractivity contribution in [2.45, 2.75) is 25.7 Å². The first-order valence-corrected chi connectivity index (χ1v) is 10.1. The summed E-state index contributed by atoms with van der Waals surface area (Å²) in [6.45, 7) is 1.38. The van der Waals surface area contributed by atoms with Crippen LogP contribution in [-0.4, -0.2) is 37.0 Å². The predicted octanol–water partition coefficient (Wildman–Crippen LogP) is 4.55. The Hall–Kier alpha value is -3.14. The van der Waals surface area contributed by atoms with Crippen molar-refractivity contribution in [1.82, 2.24) is 4.90 Å². The minimum Gasteiger partial charge on any atom is -0.469 e. The van der Waals surface area contributed by atoms with Gasteiger partial charge in [0.1, 0.15) is 0 Å². The molecule has 0 aromatic heterocycles. The molecule has 1 amide bonds. The topological polar surface area (TPSA) is 46.6 Å². The second-order valence-electron chi connectivity index (χ2n) is 7.44. The van der Waals surface area contributed by atoms with Crippen LogP contribution >= 0.6 is 0 Å². The van der Waals surface area contributed by atoms with Crippen LogP contribution in [0, 0.1) is 0 Å². The van der Waals surface area contributed by atoms with Gasteiger partial charge in [-0.05, 0) is 40.7 Å². The number of benzene rings is 2. The SMILES string of the molecule is COC(=O)CCC(=O)N1CCC(=C2c3ccccc3C=Cc3ccccc32)CC1. The third-order valence-corrected chi connectivity index (χ3v) is 5.75. The van der Waals surface area contributed by atoms with E-state index in [1.54, 1.807) is 0 Å². The molecule has 148 valence electrons. The van der Waals surface area contributed by atoms with Crippen LogP contribution in [0.1, 0.15) is 47.9 Å². The number of fused-ring (bicyclic) bond motifs is 2. The number of amides is 1. The number of methoxy groups -OCH3 is 1. The zero-order chi connectivity index (χ0) is 20.2. The molecule has 0 spiro atoms. The Balaban J connectivity index is 1.61. The van der Waals surface area contributed by atoms with Crippen LogP contribution in [0.3, 0.4) is 0 Å². The van der Waals surface area contributed by atoms with E-state index < -0.39 is 0 Å². The Morgan fingerprint density at radius 2 is 1.41 bits per heavy atom. The van der Waals surface area contributed by atoms with Gasteiger partial charge in [0.05, 0.1) is 13.5 Å². The number of carbonyl (C=O) groups is 2. The molecule has 0 radical (unpaired) electrons. The van der Waals surface area contributed by atoms with Crippen molar-refractivity contribution in [1.29, 1.82) is 0 Å². The largest absolute Gasteiger partial charge is 0.469 e. The number of rotatable bonds is 3. The molecule has 0 atom stereocenters. The third-order valence-electron chi connectivity index (χ3n) is 5.75. The number of hydrogen-bond acceptors (Lipinski definition) is 3. The minimum absolute atomic E-state index is 0.0304. The molecule has 2 aliphatic rings. The third kappa shape index (κ3) is 4.02. The van der Waals surface area contributed by atoms with Crippen LogP contribution in [0.2, 0.25) is 0 Å². The van der Waals surface area contributed by atoms with Gasteiger partial charge in [-0.25, -0.2) is 0 Å². The van der Waals surface area contributed by atoms with E-state index >= 15 is 0 Å². The smallest absolute Gasteiger partial charge is 0.306 e. The number of ether oxygens (including phenoxy) is 1. The van der Waals surface area contributed by atoms with E-state index in [0.29, 0.717) is 13.1 Å². The molecule has 4 nitrogen and oxygen atoms in total. The lowest BCUT2D eigenvalue weighted by atomic mass is 9.86. The maximum absolute atomic E-state index is 12.4. The summed E-state index contributed by atoms with van der Waals surface area (Å²) in [5.41, 5.74) is 7.67. The molecule has 1 saturated heterocycles. The van der Waals surface area contributed by atoms with Gasteiger partial charge in [0.25, 0.3) is 0 Å². The van der Waals surface area contributed by atoms with E-state index in [-0.39, 0.29) is 24.7 Å². The summed E-state index contributed by atoms with van der Waals surface area (Å²) >= 11 is 0. The van der Waals surface area contributed by atoms with Crippen molar-refractivity contribution in [3.63, 3.8) is 0 Å². The van der Waals surface area contributed by atoms with Crippen molar-refractivity contribution in [2.24, 2.45) is 0 Å². The maximum Gasteiger partial charge on any atom is 0.306 e. The highest BCUT2D eigenvalue weighted by Gasteiger charge is 2.24. The Morgan fingerprint density at radius 1 is 0.862 bits per heavy atom. The molecule has 1 aliphatic carbocycles. The first-order valence-electron chi connectivity index (χ1n) is 10.1. The Bertz CT molecular complexity index is 941. The number of piperidine rings is 1. The molecule has 0 saturated carbocycles. The van der Waals surface area contributed by atoms with Crippen molar-refractivity contribution in [3.8, 4) is 0 Å². The van der Waals surface area contributed by atoms with E-state index in [0.717, 1.165) is 12.8 Å². The average Bonchev–Trinajstić information content (AvgIpc) is 2.94. The van der Waals surface area contributed by atoms with Gasteiger partial charge in [0, 0.05) is 19.5 Å². The van der Waals surface area contributed by atoms with Gasteiger partial charge in [0.2, 0.25) is 5.91 Å². The maximum atomic E-state index is 12.4. The molecule has 4 rings (SSSR count). The van der Waals surface area contributed by atoms with Crippen molar-refractivity contribution in [2.75, 3.05) is 20.2 Å². The quantitative estimate of drug-likeness (QED) is 0.620. The normalized spacial score (nSPS) is 15.4. The number of hydrogen-bond donors (Lipinski definition) is 0. The summed E-state index contributed by atoms with van der Waals surface area (Å²) in [5.74, 6) is -0.305. The van der Waals surface area contributed by atoms with Gasteiger partial charge in [-0.15, -0.1) is 0 Å². The highest BCUT2D eigenvalue weighted by molar-refractivity contribution is 5.95. The van der Waals surface area contributed by atoms with Crippen LogP contribution in [0.25, 0.3) is 17.7 Å². The second-order valence-corrected chi connectivity index (χ2v) is 7.44. The van der Waals surface area contributed by atoms with Crippen LogP contribution in [0.5, 0.6) is 0 Å². The van der Waals surface area contributed by atoms with Gasteiger partial charge in [0.15, 0.2) is 0 Å². The molecule has 1 aliphatic heterocycles. The zero-order valence-electron chi connectivity index (χ0n) is 16.7. The zero-order valence-corrected chi connectivity index (χ0v) is 16.7. The fraction of sp³-hybridized carbons (Fsp3) is 0.280. The number of nitrogens with zero attached hydrogens (tertiary/aromatic N) is 1. The summed E-state index contributed by atoms with van der Waals surface area (Å²) in [5, 5.41) is 0. The van der Waals surface area contributed by atoms with E-state index in [1.165, 1.54) is 40.5 Å². The summed E-state index contributed by atoms with van der Waals surface area (Å²) < 4.78 is 4.64. The van der Waals surface area contributed by atoms with Gasteiger partial charge in [-0.3, -0.25) is 9.59 Å². The molecular weight excluding hydrogens is 362 g/mol. The summed E-state index contributed by atoms with van der Waals surface area (Å²) in [6, 6.07) is 17.0. The molecule has 4 heteroatoms. The van der Waals surface area contributed by atoms with Crippen LogP contribution in [-0.2, 0) is 14.3 Å². The second kappa shape index (κ2) is 8.48. The number of carbonyl (C=O) groups excluding carboxylic acids is 2. The van der Waals surface area contributed by atoms with Crippen LogP contribution in [0.15, 0.2) is 54.1 Å². The lowest BCUT2D eigenvalue weighted by Crippen LogP contribution is -2.36. The van der Waals surface area contributed by atoms with Crippen molar-refractivity contribution >= 4 is 29.6 Å². The fourth-order valence-corrected chi connectivity index (χ4v) is 4.19. The summed E-state index contributed by atoms with van der Waals surface area (Å²) in [6.07, 6.45) is 6.44. The summed E-state index contributed by atoms with van der Waals surface area (Å²) in [4.78, 5) is 25.6. The number of esters is 1. The van der Waals surface area contributed by atoms with Crippen molar-refractivity contribution in [3.05, 3.63) is 76.4 Å². The minimum atomic E-state index is -0.336. The molecular formula is C25H25NO3. The Labute approximate surface area is 171 Å². The molecule has 1 fully saturated rings. The van der Waals surface area contributed by atoms with E-state index in [1.807, 2.05) is 4.90 Å². The Morgan fingerprint density at radius 3 is 1.97 bits per heavy atom. The van der Waals surface area contributed by atoms with Gasteiger partial charge in [-0.1, -0.05) is 66.3 Å². The van der Waals surface area contributed by atoms with Gasteiger partial charge >= 0.3 is 5.97 Å². The average molecular weight is 387 g/mol. The fourth-order valence-electron chi connectivity index (χ4n) is 4.19. The van der Waals surface area contributed by atoms with Crippen LogP contribution in [0.4, 0.5) is 0 Å².